The second kappa shape index (κ2) is 8.40. The SMILES string of the molecule is C[C@H](NC[C@H](C)c1ccccc1)C(=O)Nc1ccc(-n2cncn2)cc1. The van der Waals surface area contributed by atoms with Crippen molar-refractivity contribution in [3.8, 4) is 5.69 Å². The molecule has 134 valence electrons. The van der Waals surface area contributed by atoms with Gasteiger partial charge in [0.05, 0.1) is 11.7 Å². The smallest absolute Gasteiger partial charge is 0.241 e. The third-order valence-electron chi connectivity index (χ3n) is 4.31. The molecular weight excluding hydrogens is 326 g/mol. The molecule has 1 heterocycles. The zero-order valence-corrected chi connectivity index (χ0v) is 15.0. The first-order chi connectivity index (χ1) is 12.6. The van der Waals surface area contributed by atoms with Crippen LogP contribution in [0.1, 0.15) is 25.3 Å². The highest BCUT2D eigenvalue weighted by molar-refractivity contribution is 5.94. The van der Waals surface area contributed by atoms with E-state index in [1.54, 1.807) is 11.0 Å². The molecule has 0 saturated carbocycles. The van der Waals surface area contributed by atoms with Crippen LogP contribution in [0, 0.1) is 0 Å². The van der Waals surface area contributed by atoms with E-state index in [1.165, 1.54) is 11.9 Å². The number of amides is 1. The predicted octanol–water partition coefficient (Wildman–Crippen LogP) is 2.99. The first-order valence-corrected chi connectivity index (χ1v) is 8.68. The minimum absolute atomic E-state index is 0.0567. The highest BCUT2D eigenvalue weighted by Crippen LogP contribution is 2.14. The Morgan fingerprint density at radius 2 is 1.81 bits per heavy atom. The maximum Gasteiger partial charge on any atom is 0.241 e. The summed E-state index contributed by atoms with van der Waals surface area (Å²) in [5, 5.41) is 10.3. The molecule has 0 bridgehead atoms. The lowest BCUT2D eigenvalue weighted by atomic mass is 10.0. The molecule has 2 N–H and O–H groups in total. The monoisotopic (exact) mass is 349 g/mol. The van der Waals surface area contributed by atoms with Crippen LogP contribution in [0.2, 0.25) is 0 Å². The van der Waals surface area contributed by atoms with Crippen LogP contribution in [0.25, 0.3) is 5.69 Å². The molecule has 6 heteroatoms. The Hall–Kier alpha value is -2.99. The van der Waals surface area contributed by atoms with Crippen molar-refractivity contribution in [3.05, 3.63) is 72.8 Å². The lowest BCUT2D eigenvalue weighted by Crippen LogP contribution is -2.39. The molecule has 0 unspecified atom stereocenters. The number of aromatic nitrogens is 3. The molecule has 0 aliphatic heterocycles. The van der Waals surface area contributed by atoms with Gasteiger partial charge in [-0.05, 0) is 42.7 Å². The Morgan fingerprint density at radius 3 is 2.46 bits per heavy atom. The number of hydrogen-bond donors (Lipinski definition) is 2. The number of rotatable bonds is 7. The molecule has 2 aromatic carbocycles. The van der Waals surface area contributed by atoms with Gasteiger partial charge in [0.2, 0.25) is 5.91 Å². The van der Waals surface area contributed by atoms with Crippen LogP contribution in [-0.2, 0) is 4.79 Å². The van der Waals surface area contributed by atoms with Gasteiger partial charge in [0.25, 0.3) is 0 Å². The van der Waals surface area contributed by atoms with Gasteiger partial charge in [0.15, 0.2) is 0 Å². The van der Waals surface area contributed by atoms with E-state index < -0.39 is 0 Å². The van der Waals surface area contributed by atoms with E-state index in [-0.39, 0.29) is 11.9 Å². The topological polar surface area (TPSA) is 71.8 Å². The van der Waals surface area contributed by atoms with Crippen molar-refractivity contribution in [2.45, 2.75) is 25.8 Å². The van der Waals surface area contributed by atoms with Crippen molar-refractivity contribution in [1.82, 2.24) is 20.1 Å². The normalized spacial score (nSPS) is 13.2. The van der Waals surface area contributed by atoms with Gasteiger partial charge in [-0.25, -0.2) is 9.67 Å². The van der Waals surface area contributed by atoms with Crippen molar-refractivity contribution in [2.24, 2.45) is 0 Å². The zero-order valence-electron chi connectivity index (χ0n) is 15.0. The van der Waals surface area contributed by atoms with Gasteiger partial charge in [-0.2, -0.15) is 5.10 Å². The van der Waals surface area contributed by atoms with Gasteiger partial charge in [-0.3, -0.25) is 4.79 Å². The number of nitrogens with one attached hydrogen (secondary N) is 2. The second-order valence-corrected chi connectivity index (χ2v) is 6.32. The molecule has 0 aliphatic rings. The third kappa shape index (κ3) is 4.55. The van der Waals surface area contributed by atoms with E-state index in [0.717, 1.165) is 17.9 Å². The maximum atomic E-state index is 12.4. The lowest BCUT2D eigenvalue weighted by Gasteiger charge is -2.18. The highest BCUT2D eigenvalue weighted by atomic mass is 16.2. The van der Waals surface area contributed by atoms with E-state index in [1.807, 2.05) is 49.4 Å². The largest absolute Gasteiger partial charge is 0.325 e. The van der Waals surface area contributed by atoms with Gasteiger partial charge in [-0.15, -0.1) is 0 Å². The fourth-order valence-corrected chi connectivity index (χ4v) is 2.64. The third-order valence-corrected chi connectivity index (χ3v) is 4.31. The standard InChI is InChI=1S/C20H23N5O/c1-15(17-6-4-3-5-7-17)12-22-16(2)20(26)24-18-8-10-19(11-9-18)25-14-21-13-23-25/h3-11,13-16,22H,12H2,1-2H3,(H,24,26)/t15-,16-/m0/s1. The van der Waals surface area contributed by atoms with Crippen LogP contribution in [0.5, 0.6) is 0 Å². The average molecular weight is 349 g/mol. The summed E-state index contributed by atoms with van der Waals surface area (Å²) in [5.74, 6) is 0.284. The van der Waals surface area contributed by atoms with Crippen LogP contribution in [0.4, 0.5) is 5.69 Å². The summed E-state index contributed by atoms with van der Waals surface area (Å²) in [6.45, 7) is 4.76. The van der Waals surface area contributed by atoms with Crippen molar-refractivity contribution in [2.75, 3.05) is 11.9 Å². The molecule has 0 radical (unpaired) electrons. The van der Waals surface area contributed by atoms with Crippen LogP contribution in [-0.4, -0.2) is 33.3 Å². The molecule has 1 aromatic heterocycles. The molecule has 26 heavy (non-hydrogen) atoms. The van der Waals surface area contributed by atoms with Gasteiger partial charge >= 0.3 is 0 Å². The number of carbonyl (C=O) groups excluding carboxylic acids is 1. The van der Waals surface area contributed by atoms with Crippen LogP contribution >= 0.6 is 0 Å². The highest BCUT2D eigenvalue weighted by Gasteiger charge is 2.14. The Morgan fingerprint density at radius 1 is 1.08 bits per heavy atom. The van der Waals surface area contributed by atoms with E-state index in [9.17, 15) is 4.79 Å². The quantitative estimate of drug-likeness (QED) is 0.688. The molecule has 0 saturated heterocycles. The lowest BCUT2D eigenvalue weighted by molar-refractivity contribution is -0.117. The summed E-state index contributed by atoms with van der Waals surface area (Å²) in [5.41, 5.74) is 2.91. The summed E-state index contributed by atoms with van der Waals surface area (Å²) >= 11 is 0. The first-order valence-electron chi connectivity index (χ1n) is 8.68. The number of hydrogen-bond acceptors (Lipinski definition) is 4. The van der Waals surface area contributed by atoms with E-state index >= 15 is 0 Å². The summed E-state index contributed by atoms with van der Waals surface area (Å²) in [6.07, 6.45) is 3.12. The molecule has 0 fully saturated rings. The molecular formula is C20H23N5O. The second-order valence-electron chi connectivity index (χ2n) is 6.32. The Kier molecular flexibility index (Phi) is 5.76. The zero-order chi connectivity index (χ0) is 18.4. The van der Waals surface area contributed by atoms with Crippen LogP contribution in [0.3, 0.4) is 0 Å². The molecule has 0 aliphatic carbocycles. The Bertz CT molecular complexity index is 815. The molecule has 1 amide bonds. The Balaban J connectivity index is 1.51. The number of carbonyl (C=O) groups is 1. The number of anilines is 1. The van der Waals surface area contributed by atoms with Crippen molar-refractivity contribution < 1.29 is 4.79 Å². The van der Waals surface area contributed by atoms with Crippen LogP contribution in [0.15, 0.2) is 67.3 Å². The fourth-order valence-electron chi connectivity index (χ4n) is 2.64. The van der Waals surface area contributed by atoms with Crippen molar-refractivity contribution >= 4 is 11.6 Å². The minimum atomic E-state index is -0.281. The van der Waals surface area contributed by atoms with Gasteiger partial charge < -0.3 is 10.6 Å². The fraction of sp³-hybridized carbons (Fsp3) is 0.250. The summed E-state index contributed by atoms with van der Waals surface area (Å²) in [4.78, 5) is 16.3. The van der Waals surface area contributed by atoms with Gasteiger partial charge in [0.1, 0.15) is 12.7 Å². The average Bonchev–Trinajstić information content (AvgIpc) is 3.22. The van der Waals surface area contributed by atoms with E-state index in [4.69, 9.17) is 0 Å². The molecule has 3 aromatic rings. The molecule has 6 nitrogen and oxygen atoms in total. The summed E-state index contributed by atoms with van der Waals surface area (Å²) in [7, 11) is 0. The molecule has 2 atom stereocenters. The maximum absolute atomic E-state index is 12.4. The van der Waals surface area contributed by atoms with Crippen LogP contribution < -0.4 is 10.6 Å². The predicted molar refractivity (Wildman–Crippen MR) is 102 cm³/mol. The first kappa shape index (κ1) is 17.8. The summed E-state index contributed by atoms with van der Waals surface area (Å²) in [6, 6.07) is 17.5. The Labute approximate surface area is 153 Å². The number of nitrogens with zero attached hydrogens (tertiary/aromatic N) is 3. The minimum Gasteiger partial charge on any atom is -0.325 e. The number of benzene rings is 2. The van der Waals surface area contributed by atoms with Crippen molar-refractivity contribution in [1.29, 1.82) is 0 Å². The molecule has 0 spiro atoms. The van der Waals surface area contributed by atoms with E-state index in [0.29, 0.717) is 5.92 Å². The van der Waals surface area contributed by atoms with Gasteiger partial charge in [0, 0.05) is 12.2 Å². The van der Waals surface area contributed by atoms with Gasteiger partial charge in [-0.1, -0.05) is 37.3 Å². The molecule has 3 rings (SSSR count). The van der Waals surface area contributed by atoms with E-state index in [2.05, 4.69) is 39.8 Å². The van der Waals surface area contributed by atoms with Crippen molar-refractivity contribution in [3.63, 3.8) is 0 Å². The summed E-state index contributed by atoms with van der Waals surface area (Å²) < 4.78 is 1.67.